The van der Waals surface area contributed by atoms with Crippen LogP contribution in [0.1, 0.15) is 25.3 Å². The number of carbonyl (C=O) groups excluding carboxylic acids is 2. The van der Waals surface area contributed by atoms with Crippen molar-refractivity contribution in [3.05, 3.63) is 72.3 Å². The molecule has 1 aliphatic heterocycles. The van der Waals surface area contributed by atoms with E-state index in [-0.39, 0.29) is 11.8 Å². The average molecular weight is 473 g/mol. The molecule has 8 heteroatoms. The van der Waals surface area contributed by atoms with Crippen molar-refractivity contribution in [1.29, 1.82) is 0 Å². The van der Waals surface area contributed by atoms with E-state index < -0.39 is 11.5 Å². The number of pyridine rings is 2. The fraction of sp³-hybridized carbons (Fsp3) is 0.333. The van der Waals surface area contributed by atoms with Crippen molar-refractivity contribution in [3.8, 4) is 0 Å². The summed E-state index contributed by atoms with van der Waals surface area (Å²) in [6.07, 6.45) is 8.63. The molecule has 1 unspecified atom stereocenters. The summed E-state index contributed by atoms with van der Waals surface area (Å²) in [5.74, 6) is 0.515. The third kappa shape index (κ3) is 4.61. The van der Waals surface area contributed by atoms with Crippen LogP contribution in [0.25, 0.3) is 10.8 Å². The normalized spacial score (nSPS) is 17.4. The summed E-state index contributed by atoms with van der Waals surface area (Å²) < 4.78 is 10.8. The maximum absolute atomic E-state index is 12.8. The topological polar surface area (TPSA) is 102 Å². The zero-order chi connectivity index (χ0) is 24.3. The van der Waals surface area contributed by atoms with Crippen molar-refractivity contribution >= 4 is 34.0 Å². The summed E-state index contributed by atoms with van der Waals surface area (Å²) in [5.41, 5.74) is 2.13. The van der Waals surface area contributed by atoms with Crippen molar-refractivity contribution in [2.45, 2.75) is 32.2 Å². The largest absolute Gasteiger partial charge is 0.464 e. The van der Waals surface area contributed by atoms with Crippen molar-refractivity contribution in [3.63, 3.8) is 0 Å². The second kappa shape index (κ2) is 9.84. The second-order valence-electron chi connectivity index (χ2n) is 8.85. The van der Waals surface area contributed by atoms with Crippen LogP contribution in [0.2, 0.25) is 0 Å². The molecular weight excluding hydrogens is 444 g/mol. The highest BCUT2D eigenvalue weighted by atomic mass is 16.5. The van der Waals surface area contributed by atoms with Gasteiger partial charge < -0.3 is 20.1 Å². The van der Waals surface area contributed by atoms with Gasteiger partial charge in [-0.2, -0.15) is 0 Å². The Bertz CT molecular complexity index is 1260. The second-order valence-corrected chi connectivity index (χ2v) is 8.85. The molecule has 1 fully saturated rings. The first-order valence-electron chi connectivity index (χ1n) is 11.9. The van der Waals surface area contributed by atoms with Crippen LogP contribution < -0.4 is 10.6 Å². The number of ketones is 1. The minimum atomic E-state index is -0.585. The third-order valence-corrected chi connectivity index (χ3v) is 6.73. The Hall–Kier alpha value is -3.78. The van der Waals surface area contributed by atoms with E-state index in [4.69, 9.17) is 9.47 Å². The molecule has 0 saturated carbocycles. The first-order chi connectivity index (χ1) is 17.1. The highest BCUT2D eigenvalue weighted by Crippen LogP contribution is 2.45. The zero-order valence-electron chi connectivity index (χ0n) is 19.6. The Kier molecular flexibility index (Phi) is 6.46. The lowest BCUT2D eigenvalue weighted by atomic mass is 9.66. The fourth-order valence-corrected chi connectivity index (χ4v) is 4.71. The number of benzene rings is 1. The lowest BCUT2D eigenvalue weighted by Gasteiger charge is -2.44. The quantitative estimate of drug-likeness (QED) is 0.479. The number of allylic oxidation sites excluding steroid dienone is 2. The predicted octanol–water partition coefficient (Wildman–Crippen LogP) is 3.70. The lowest BCUT2D eigenvalue weighted by Crippen LogP contribution is -2.53. The van der Waals surface area contributed by atoms with Gasteiger partial charge in [-0.1, -0.05) is 12.1 Å². The molecule has 1 saturated heterocycles. The summed E-state index contributed by atoms with van der Waals surface area (Å²) in [4.78, 5) is 33.8. The predicted molar refractivity (Wildman–Crippen MR) is 132 cm³/mol. The molecule has 0 amide bonds. The summed E-state index contributed by atoms with van der Waals surface area (Å²) in [6.45, 7) is 3.18. The molecule has 3 heterocycles. The maximum atomic E-state index is 12.8. The average Bonchev–Trinajstić information content (AvgIpc) is 2.90. The first-order valence-corrected chi connectivity index (χ1v) is 11.9. The van der Waals surface area contributed by atoms with Gasteiger partial charge in [-0.25, -0.2) is 9.78 Å². The molecule has 180 valence electrons. The molecule has 0 bridgehead atoms. The monoisotopic (exact) mass is 472 g/mol. The Morgan fingerprint density at radius 3 is 2.66 bits per heavy atom. The van der Waals surface area contributed by atoms with Gasteiger partial charge in [-0.3, -0.25) is 9.78 Å². The summed E-state index contributed by atoms with van der Waals surface area (Å²) >= 11 is 0. The van der Waals surface area contributed by atoms with Gasteiger partial charge in [0.25, 0.3) is 0 Å². The van der Waals surface area contributed by atoms with Gasteiger partial charge in [0.1, 0.15) is 11.9 Å². The summed E-state index contributed by atoms with van der Waals surface area (Å²) in [5, 5.41) is 8.68. The number of nitrogens with zero attached hydrogens (tertiary/aromatic N) is 2. The molecule has 2 N–H and O–H groups in total. The molecule has 35 heavy (non-hydrogen) atoms. The smallest absolute Gasteiger partial charge is 0.328 e. The summed E-state index contributed by atoms with van der Waals surface area (Å²) in [6, 6.07) is 11.2. The SMILES string of the molecule is CCOC(=O)C(Cc1ccc(Nc2nccc3ccncc23)cc1)NC1=CC(=O)C12CCOCC2. The van der Waals surface area contributed by atoms with Gasteiger partial charge in [0.2, 0.25) is 0 Å². The van der Waals surface area contributed by atoms with E-state index >= 15 is 0 Å². The minimum absolute atomic E-state index is 0.110. The number of nitrogens with one attached hydrogen (secondary N) is 2. The van der Waals surface area contributed by atoms with Crippen molar-refractivity contribution in [2.75, 3.05) is 25.1 Å². The Morgan fingerprint density at radius 2 is 1.91 bits per heavy atom. The van der Waals surface area contributed by atoms with Crippen LogP contribution in [-0.2, 0) is 25.5 Å². The molecule has 1 aromatic carbocycles. The van der Waals surface area contributed by atoms with Gasteiger partial charge in [-0.05, 0) is 55.0 Å². The van der Waals surface area contributed by atoms with Gasteiger partial charge in [0, 0.05) is 61.1 Å². The van der Waals surface area contributed by atoms with Gasteiger partial charge in [-0.15, -0.1) is 0 Å². The molecular formula is C27H28N4O4. The maximum Gasteiger partial charge on any atom is 0.328 e. The van der Waals surface area contributed by atoms with Crippen LogP contribution in [-0.4, -0.2) is 47.6 Å². The number of hydrogen-bond acceptors (Lipinski definition) is 8. The minimum Gasteiger partial charge on any atom is -0.464 e. The first kappa shape index (κ1) is 23.0. The molecule has 1 aliphatic carbocycles. The van der Waals surface area contributed by atoms with Gasteiger partial charge in [0.05, 0.1) is 12.0 Å². The van der Waals surface area contributed by atoms with Crippen LogP contribution in [0.4, 0.5) is 11.5 Å². The number of rotatable bonds is 8. The molecule has 2 aromatic heterocycles. The fourth-order valence-electron chi connectivity index (χ4n) is 4.71. The Labute approximate surface area is 203 Å². The van der Waals surface area contributed by atoms with Crippen molar-refractivity contribution in [2.24, 2.45) is 5.41 Å². The molecule has 2 aliphatic rings. The van der Waals surface area contributed by atoms with Crippen LogP contribution in [0.5, 0.6) is 0 Å². The number of anilines is 2. The highest BCUT2D eigenvalue weighted by Gasteiger charge is 2.49. The zero-order valence-corrected chi connectivity index (χ0v) is 19.6. The molecule has 3 aromatic rings. The molecule has 5 rings (SSSR count). The number of ether oxygens (including phenoxy) is 2. The molecule has 8 nitrogen and oxygen atoms in total. The lowest BCUT2D eigenvalue weighted by molar-refractivity contribution is -0.146. The van der Waals surface area contributed by atoms with E-state index in [0.29, 0.717) is 39.1 Å². The van der Waals surface area contributed by atoms with E-state index in [1.165, 1.54) is 0 Å². The number of hydrogen-bond donors (Lipinski definition) is 2. The Morgan fingerprint density at radius 1 is 1.14 bits per heavy atom. The standard InChI is InChI=1S/C27H28N4O4/c1-2-35-26(33)22(31-23-16-24(32)27(23)9-13-34-14-10-27)15-18-3-5-20(6-4-18)30-25-21-17-28-11-7-19(21)8-12-29-25/h3-8,11-12,16-17,22,31H,2,9-10,13-15H2,1H3,(H,29,30). The van der Waals surface area contributed by atoms with Crippen LogP contribution in [0, 0.1) is 5.41 Å². The number of esters is 1. The van der Waals surface area contributed by atoms with E-state index in [2.05, 4.69) is 20.6 Å². The Balaban J connectivity index is 1.30. The highest BCUT2D eigenvalue weighted by molar-refractivity contribution is 6.05. The molecule has 1 atom stereocenters. The van der Waals surface area contributed by atoms with Crippen LogP contribution in [0.15, 0.2) is 66.8 Å². The van der Waals surface area contributed by atoms with Gasteiger partial charge >= 0.3 is 5.97 Å². The molecule has 0 radical (unpaired) electrons. The van der Waals surface area contributed by atoms with E-state index in [1.807, 2.05) is 36.4 Å². The summed E-state index contributed by atoms with van der Waals surface area (Å²) in [7, 11) is 0. The number of carbonyl (C=O) groups is 2. The van der Waals surface area contributed by atoms with Crippen molar-refractivity contribution < 1.29 is 19.1 Å². The van der Waals surface area contributed by atoms with Crippen LogP contribution in [0.3, 0.4) is 0 Å². The van der Waals surface area contributed by atoms with E-state index in [1.54, 1.807) is 31.6 Å². The van der Waals surface area contributed by atoms with Gasteiger partial charge in [0.15, 0.2) is 5.78 Å². The van der Waals surface area contributed by atoms with E-state index in [0.717, 1.165) is 33.5 Å². The van der Waals surface area contributed by atoms with Crippen molar-refractivity contribution in [1.82, 2.24) is 15.3 Å². The third-order valence-electron chi connectivity index (χ3n) is 6.73. The number of aromatic nitrogens is 2. The molecule has 1 spiro atoms. The van der Waals surface area contributed by atoms with E-state index in [9.17, 15) is 9.59 Å². The van der Waals surface area contributed by atoms with Crippen LogP contribution >= 0.6 is 0 Å². The number of fused-ring (bicyclic) bond motifs is 1.